The number of nitrogens with one attached hydrogen (secondary N) is 1. The summed E-state index contributed by atoms with van der Waals surface area (Å²) in [6, 6.07) is 12.2. The molecule has 3 aromatic rings. The van der Waals surface area contributed by atoms with Crippen molar-refractivity contribution in [1.29, 1.82) is 0 Å². The molecular formula is C21H21NO2. The third kappa shape index (κ3) is 2.78. The van der Waals surface area contributed by atoms with E-state index in [4.69, 9.17) is 0 Å². The quantitative estimate of drug-likeness (QED) is 0.744. The summed E-state index contributed by atoms with van der Waals surface area (Å²) in [4.78, 5) is 24.1. The molecule has 0 aliphatic heterocycles. The van der Waals surface area contributed by atoms with Crippen molar-refractivity contribution in [1.82, 2.24) is 0 Å². The van der Waals surface area contributed by atoms with Gasteiger partial charge in [0.1, 0.15) is 0 Å². The molecule has 0 aliphatic rings. The Hall–Kier alpha value is -2.68. The SMILES string of the molecule is Cc1ccc(CNc2c(-c3cc(C)c(C)cc3C)c(=O)c2=O)cc1. The fraction of sp³-hybridized carbons (Fsp3) is 0.238. The van der Waals surface area contributed by atoms with Gasteiger partial charge in [0.2, 0.25) is 10.9 Å². The second-order valence-electron chi connectivity index (χ2n) is 6.50. The van der Waals surface area contributed by atoms with Crippen molar-refractivity contribution in [3.63, 3.8) is 0 Å². The van der Waals surface area contributed by atoms with Crippen molar-refractivity contribution in [2.75, 3.05) is 5.32 Å². The van der Waals surface area contributed by atoms with Crippen LogP contribution in [0.3, 0.4) is 0 Å². The average Bonchev–Trinajstić information content (AvgIpc) is 2.56. The summed E-state index contributed by atoms with van der Waals surface area (Å²) in [5.41, 5.74) is 6.59. The van der Waals surface area contributed by atoms with Crippen LogP contribution in [0.25, 0.3) is 11.1 Å². The third-order valence-electron chi connectivity index (χ3n) is 4.61. The Balaban J connectivity index is 1.93. The predicted octanol–water partition coefficient (Wildman–Crippen LogP) is 3.80. The van der Waals surface area contributed by atoms with E-state index in [1.807, 2.05) is 58.0 Å². The molecule has 0 aliphatic carbocycles. The first-order valence-corrected chi connectivity index (χ1v) is 8.09. The van der Waals surface area contributed by atoms with Crippen LogP contribution in [0.4, 0.5) is 5.69 Å². The van der Waals surface area contributed by atoms with Crippen LogP contribution in [0, 0.1) is 27.7 Å². The fourth-order valence-electron chi connectivity index (χ4n) is 2.94. The van der Waals surface area contributed by atoms with Crippen LogP contribution in [0.5, 0.6) is 0 Å². The molecule has 0 saturated heterocycles. The van der Waals surface area contributed by atoms with Gasteiger partial charge in [-0.3, -0.25) is 9.59 Å². The number of hydrogen-bond donors (Lipinski definition) is 1. The normalized spacial score (nSPS) is 11.0. The zero-order chi connectivity index (χ0) is 17.4. The summed E-state index contributed by atoms with van der Waals surface area (Å²) in [5.74, 6) is 0. The Morgan fingerprint density at radius 2 is 1.42 bits per heavy atom. The van der Waals surface area contributed by atoms with Gasteiger partial charge in [-0.25, -0.2) is 0 Å². The second-order valence-corrected chi connectivity index (χ2v) is 6.50. The Morgan fingerprint density at radius 3 is 2.08 bits per heavy atom. The second kappa shape index (κ2) is 6.08. The molecule has 0 heterocycles. The van der Waals surface area contributed by atoms with Crippen LogP contribution in [-0.2, 0) is 6.54 Å². The first kappa shape index (κ1) is 16.2. The van der Waals surface area contributed by atoms with Gasteiger partial charge in [0.15, 0.2) is 0 Å². The smallest absolute Gasteiger partial charge is 0.250 e. The topological polar surface area (TPSA) is 46.2 Å². The third-order valence-corrected chi connectivity index (χ3v) is 4.61. The lowest BCUT2D eigenvalue weighted by Crippen LogP contribution is -2.36. The fourth-order valence-corrected chi connectivity index (χ4v) is 2.94. The maximum Gasteiger partial charge on any atom is 0.250 e. The minimum atomic E-state index is -0.422. The molecular weight excluding hydrogens is 298 g/mol. The van der Waals surface area contributed by atoms with Gasteiger partial charge in [0, 0.05) is 6.54 Å². The molecule has 3 nitrogen and oxygen atoms in total. The standard InChI is InChI=1S/C21H21NO2/c1-12-5-7-16(8-6-12)11-22-19-18(20(23)21(19)24)17-10-14(3)13(2)9-15(17)4/h5-10,22H,11H2,1-4H3. The molecule has 3 heteroatoms. The van der Waals surface area contributed by atoms with Crippen molar-refractivity contribution in [2.45, 2.75) is 34.2 Å². The Kier molecular flexibility index (Phi) is 4.10. The number of benzene rings is 2. The monoisotopic (exact) mass is 319 g/mol. The van der Waals surface area contributed by atoms with Gasteiger partial charge >= 0.3 is 0 Å². The minimum absolute atomic E-state index is 0.396. The van der Waals surface area contributed by atoms with Crippen LogP contribution in [0.15, 0.2) is 46.0 Å². The van der Waals surface area contributed by atoms with E-state index >= 15 is 0 Å². The highest BCUT2D eigenvalue weighted by atomic mass is 16.2. The molecule has 1 N–H and O–H groups in total. The van der Waals surface area contributed by atoms with Gasteiger partial charge < -0.3 is 5.32 Å². The summed E-state index contributed by atoms with van der Waals surface area (Å²) in [7, 11) is 0. The van der Waals surface area contributed by atoms with Gasteiger partial charge in [0.25, 0.3) is 0 Å². The lowest BCUT2D eigenvalue weighted by molar-refractivity contribution is 1.12. The number of anilines is 1. The minimum Gasteiger partial charge on any atom is -0.377 e. The van der Waals surface area contributed by atoms with E-state index in [9.17, 15) is 9.59 Å². The Labute approximate surface area is 141 Å². The van der Waals surface area contributed by atoms with Crippen molar-refractivity contribution in [3.05, 3.63) is 84.7 Å². The summed E-state index contributed by atoms with van der Waals surface area (Å²) in [6.07, 6.45) is 0. The van der Waals surface area contributed by atoms with Crippen molar-refractivity contribution in [3.8, 4) is 11.1 Å². The Morgan fingerprint density at radius 1 is 0.792 bits per heavy atom. The number of hydrogen-bond acceptors (Lipinski definition) is 3. The molecule has 0 aromatic heterocycles. The van der Waals surface area contributed by atoms with Crippen molar-refractivity contribution in [2.24, 2.45) is 0 Å². The molecule has 3 aromatic carbocycles. The molecule has 0 fully saturated rings. The highest BCUT2D eigenvalue weighted by Crippen LogP contribution is 2.29. The molecule has 122 valence electrons. The van der Waals surface area contributed by atoms with E-state index in [0.717, 1.165) is 22.3 Å². The first-order chi connectivity index (χ1) is 11.4. The van der Waals surface area contributed by atoms with Crippen LogP contribution in [0.2, 0.25) is 0 Å². The van der Waals surface area contributed by atoms with E-state index in [2.05, 4.69) is 11.4 Å². The maximum atomic E-state index is 12.1. The van der Waals surface area contributed by atoms with Gasteiger partial charge in [0.05, 0.1) is 11.3 Å². The van der Waals surface area contributed by atoms with Crippen LogP contribution in [-0.4, -0.2) is 0 Å². The van der Waals surface area contributed by atoms with Crippen LogP contribution >= 0.6 is 0 Å². The molecule has 3 rings (SSSR count). The van der Waals surface area contributed by atoms with Crippen molar-refractivity contribution >= 4 is 5.69 Å². The van der Waals surface area contributed by atoms with Crippen LogP contribution in [0.1, 0.15) is 27.8 Å². The Bertz CT molecular complexity index is 975. The molecule has 0 radical (unpaired) electrons. The summed E-state index contributed by atoms with van der Waals surface area (Å²) >= 11 is 0. The van der Waals surface area contributed by atoms with E-state index < -0.39 is 10.9 Å². The summed E-state index contributed by atoms with van der Waals surface area (Å²) in [5, 5.41) is 3.15. The van der Waals surface area contributed by atoms with Crippen LogP contribution < -0.4 is 16.2 Å². The largest absolute Gasteiger partial charge is 0.377 e. The maximum absolute atomic E-state index is 12.1. The summed E-state index contributed by atoms with van der Waals surface area (Å²) in [6.45, 7) is 8.60. The lowest BCUT2D eigenvalue weighted by Gasteiger charge is -2.16. The van der Waals surface area contributed by atoms with Crippen molar-refractivity contribution < 1.29 is 0 Å². The molecule has 0 saturated carbocycles. The molecule has 0 spiro atoms. The van der Waals surface area contributed by atoms with E-state index in [-0.39, 0.29) is 0 Å². The molecule has 0 unspecified atom stereocenters. The first-order valence-electron chi connectivity index (χ1n) is 8.09. The highest BCUT2D eigenvalue weighted by Gasteiger charge is 2.23. The number of aryl methyl sites for hydroxylation is 4. The molecule has 0 atom stereocenters. The zero-order valence-corrected chi connectivity index (χ0v) is 14.5. The van der Waals surface area contributed by atoms with Gasteiger partial charge in [-0.05, 0) is 55.5 Å². The van der Waals surface area contributed by atoms with Gasteiger partial charge in [-0.1, -0.05) is 42.0 Å². The van der Waals surface area contributed by atoms with Gasteiger partial charge in [-0.2, -0.15) is 0 Å². The lowest BCUT2D eigenvalue weighted by atomic mass is 9.91. The molecule has 24 heavy (non-hydrogen) atoms. The number of rotatable bonds is 4. The molecule has 0 bridgehead atoms. The predicted molar refractivity (Wildman–Crippen MR) is 99.5 cm³/mol. The average molecular weight is 319 g/mol. The highest BCUT2D eigenvalue weighted by molar-refractivity contribution is 5.84. The summed E-state index contributed by atoms with van der Waals surface area (Å²) < 4.78 is 0. The van der Waals surface area contributed by atoms with E-state index in [1.165, 1.54) is 11.1 Å². The van der Waals surface area contributed by atoms with E-state index in [1.54, 1.807) is 0 Å². The van der Waals surface area contributed by atoms with Gasteiger partial charge in [-0.15, -0.1) is 0 Å². The van der Waals surface area contributed by atoms with E-state index in [0.29, 0.717) is 17.8 Å². The molecule has 0 amide bonds. The zero-order valence-electron chi connectivity index (χ0n) is 14.5.